The first kappa shape index (κ1) is 13.6. The summed E-state index contributed by atoms with van der Waals surface area (Å²) in [4.78, 5) is 7.56. The average Bonchev–Trinajstić information content (AvgIpc) is 2.15. The van der Waals surface area contributed by atoms with Crippen molar-refractivity contribution in [2.45, 2.75) is 25.9 Å². The molecule has 0 fully saturated rings. The SMILES string of the molecule is Cc1cc(N)nc(COCC(F)(F)C(F)F)n1. The minimum absolute atomic E-state index is 0.0765. The highest BCUT2D eigenvalue weighted by atomic mass is 19.3. The van der Waals surface area contributed by atoms with E-state index >= 15 is 0 Å². The van der Waals surface area contributed by atoms with E-state index in [0.29, 0.717) is 5.69 Å². The molecule has 0 bridgehead atoms. The first-order valence-corrected chi connectivity index (χ1v) is 4.65. The number of aromatic nitrogens is 2. The van der Waals surface area contributed by atoms with Gasteiger partial charge in [0.15, 0.2) is 5.82 Å². The molecule has 0 atom stereocenters. The van der Waals surface area contributed by atoms with Crippen LogP contribution in [-0.2, 0) is 11.3 Å². The molecule has 0 aliphatic carbocycles. The second kappa shape index (κ2) is 5.26. The minimum atomic E-state index is -4.17. The number of hydrogen-bond donors (Lipinski definition) is 1. The van der Waals surface area contributed by atoms with Gasteiger partial charge in [-0.15, -0.1) is 0 Å². The standard InChI is InChI=1S/C9H11F4N3O/c1-5-2-6(14)16-7(15-5)3-17-4-9(12,13)8(10)11/h2,8H,3-4H2,1H3,(H2,14,15,16). The van der Waals surface area contributed by atoms with E-state index in [0.717, 1.165) is 0 Å². The Morgan fingerprint density at radius 2 is 2.06 bits per heavy atom. The van der Waals surface area contributed by atoms with Crippen LogP contribution < -0.4 is 5.73 Å². The predicted octanol–water partition coefficient (Wildman–Crippen LogP) is 1.78. The molecule has 0 amide bonds. The van der Waals surface area contributed by atoms with Crippen LogP contribution in [0.15, 0.2) is 6.07 Å². The number of ether oxygens (including phenoxy) is 1. The molecule has 96 valence electrons. The van der Waals surface area contributed by atoms with Gasteiger partial charge in [-0.1, -0.05) is 0 Å². The molecular formula is C9H11F4N3O. The molecule has 17 heavy (non-hydrogen) atoms. The van der Waals surface area contributed by atoms with Crippen LogP contribution in [0.1, 0.15) is 11.5 Å². The van der Waals surface area contributed by atoms with Crippen molar-refractivity contribution in [2.24, 2.45) is 0 Å². The number of halogens is 4. The molecule has 0 spiro atoms. The first-order valence-electron chi connectivity index (χ1n) is 4.65. The number of hydrogen-bond acceptors (Lipinski definition) is 4. The number of nitrogens with two attached hydrogens (primary N) is 1. The summed E-state index contributed by atoms with van der Waals surface area (Å²) in [6.45, 7) is -0.147. The van der Waals surface area contributed by atoms with E-state index in [1.54, 1.807) is 6.92 Å². The molecule has 4 nitrogen and oxygen atoms in total. The zero-order valence-electron chi connectivity index (χ0n) is 8.96. The fourth-order valence-electron chi connectivity index (χ4n) is 1.06. The number of aryl methyl sites for hydroxylation is 1. The lowest BCUT2D eigenvalue weighted by atomic mass is 10.4. The zero-order valence-corrected chi connectivity index (χ0v) is 8.96. The molecule has 1 aromatic rings. The normalized spacial score (nSPS) is 12.1. The van der Waals surface area contributed by atoms with Gasteiger partial charge in [-0.3, -0.25) is 0 Å². The van der Waals surface area contributed by atoms with Crippen molar-refractivity contribution in [1.29, 1.82) is 0 Å². The van der Waals surface area contributed by atoms with Crippen LogP contribution in [-0.4, -0.2) is 28.9 Å². The Hall–Kier alpha value is -1.44. The monoisotopic (exact) mass is 253 g/mol. The van der Waals surface area contributed by atoms with Crippen molar-refractivity contribution >= 4 is 5.82 Å². The Kier molecular flexibility index (Phi) is 4.22. The maximum atomic E-state index is 12.5. The van der Waals surface area contributed by atoms with Crippen LogP contribution in [0, 0.1) is 6.92 Å². The largest absolute Gasteiger partial charge is 0.384 e. The summed E-state index contributed by atoms with van der Waals surface area (Å²) >= 11 is 0. The molecule has 1 rings (SSSR count). The number of nitrogens with zero attached hydrogens (tertiary/aromatic N) is 2. The molecule has 0 aromatic carbocycles. The molecule has 2 N–H and O–H groups in total. The molecule has 0 aliphatic rings. The smallest absolute Gasteiger partial charge is 0.330 e. The number of anilines is 1. The van der Waals surface area contributed by atoms with Gasteiger partial charge < -0.3 is 10.5 Å². The van der Waals surface area contributed by atoms with E-state index < -0.39 is 25.6 Å². The van der Waals surface area contributed by atoms with Crippen LogP contribution in [0.2, 0.25) is 0 Å². The van der Waals surface area contributed by atoms with E-state index in [-0.39, 0.29) is 11.6 Å². The van der Waals surface area contributed by atoms with Crippen molar-refractivity contribution in [2.75, 3.05) is 12.3 Å². The van der Waals surface area contributed by atoms with Gasteiger partial charge in [0, 0.05) is 11.8 Å². The van der Waals surface area contributed by atoms with Gasteiger partial charge in [0.1, 0.15) is 19.0 Å². The van der Waals surface area contributed by atoms with E-state index in [9.17, 15) is 17.6 Å². The summed E-state index contributed by atoms with van der Waals surface area (Å²) in [6.07, 6.45) is -3.76. The first-order chi connectivity index (χ1) is 7.81. The van der Waals surface area contributed by atoms with Crippen LogP contribution in [0.4, 0.5) is 23.4 Å². The Labute approximate surface area is 94.8 Å². The van der Waals surface area contributed by atoms with E-state index in [2.05, 4.69) is 14.7 Å². The summed E-state index contributed by atoms with van der Waals surface area (Å²) in [5, 5.41) is 0. The summed E-state index contributed by atoms with van der Waals surface area (Å²) < 4.78 is 53.0. The van der Waals surface area contributed by atoms with E-state index in [1.807, 2.05) is 0 Å². The van der Waals surface area contributed by atoms with E-state index in [4.69, 9.17) is 5.73 Å². The van der Waals surface area contributed by atoms with E-state index in [1.165, 1.54) is 6.07 Å². The van der Waals surface area contributed by atoms with Crippen molar-refractivity contribution in [1.82, 2.24) is 9.97 Å². The summed E-state index contributed by atoms with van der Waals surface area (Å²) in [5.74, 6) is -3.93. The number of rotatable bonds is 5. The lowest BCUT2D eigenvalue weighted by Crippen LogP contribution is -2.32. The van der Waals surface area contributed by atoms with Crippen LogP contribution in [0.5, 0.6) is 0 Å². The highest BCUT2D eigenvalue weighted by Gasteiger charge is 2.40. The predicted molar refractivity (Wildman–Crippen MR) is 51.8 cm³/mol. The van der Waals surface area contributed by atoms with Gasteiger partial charge in [-0.2, -0.15) is 8.78 Å². The van der Waals surface area contributed by atoms with Gasteiger partial charge in [0.05, 0.1) is 0 Å². The van der Waals surface area contributed by atoms with Crippen molar-refractivity contribution in [3.05, 3.63) is 17.6 Å². The highest BCUT2D eigenvalue weighted by Crippen LogP contribution is 2.23. The summed E-state index contributed by atoms with van der Waals surface area (Å²) in [7, 11) is 0. The Balaban J connectivity index is 2.51. The number of nitrogen functional groups attached to an aromatic ring is 1. The van der Waals surface area contributed by atoms with Crippen molar-refractivity contribution in [3.63, 3.8) is 0 Å². The van der Waals surface area contributed by atoms with Gasteiger partial charge in [-0.05, 0) is 6.92 Å². The summed E-state index contributed by atoms with van der Waals surface area (Å²) in [5.41, 5.74) is 5.93. The molecule has 0 unspecified atom stereocenters. The van der Waals surface area contributed by atoms with Gasteiger partial charge in [0.25, 0.3) is 0 Å². The van der Waals surface area contributed by atoms with Gasteiger partial charge >= 0.3 is 12.3 Å². The Bertz CT molecular complexity index is 366. The minimum Gasteiger partial charge on any atom is -0.384 e. The Morgan fingerprint density at radius 1 is 1.41 bits per heavy atom. The van der Waals surface area contributed by atoms with Crippen molar-refractivity contribution in [3.8, 4) is 0 Å². The Morgan fingerprint density at radius 3 is 2.59 bits per heavy atom. The lowest BCUT2D eigenvalue weighted by Gasteiger charge is -2.14. The van der Waals surface area contributed by atoms with Crippen molar-refractivity contribution < 1.29 is 22.3 Å². The third-order valence-corrected chi connectivity index (χ3v) is 1.77. The third kappa shape index (κ3) is 4.14. The highest BCUT2D eigenvalue weighted by molar-refractivity contribution is 5.28. The topological polar surface area (TPSA) is 61.0 Å². The third-order valence-electron chi connectivity index (χ3n) is 1.77. The fourth-order valence-corrected chi connectivity index (χ4v) is 1.06. The lowest BCUT2D eigenvalue weighted by molar-refractivity contribution is -0.168. The molecule has 0 saturated carbocycles. The molecule has 0 radical (unpaired) electrons. The second-order valence-corrected chi connectivity index (χ2v) is 3.40. The molecule has 0 saturated heterocycles. The molecule has 1 heterocycles. The maximum absolute atomic E-state index is 12.5. The zero-order chi connectivity index (χ0) is 13.1. The molecular weight excluding hydrogens is 242 g/mol. The second-order valence-electron chi connectivity index (χ2n) is 3.40. The maximum Gasteiger partial charge on any atom is 0.330 e. The van der Waals surface area contributed by atoms with Crippen LogP contribution in [0.3, 0.4) is 0 Å². The molecule has 1 aromatic heterocycles. The fraction of sp³-hybridized carbons (Fsp3) is 0.556. The molecule has 8 heteroatoms. The quantitative estimate of drug-likeness (QED) is 0.812. The average molecular weight is 253 g/mol. The number of alkyl halides is 4. The summed E-state index contributed by atoms with van der Waals surface area (Å²) in [6, 6.07) is 1.48. The van der Waals surface area contributed by atoms with Gasteiger partial charge in [-0.25, -0.2) is 18.7 Å². The van der Waals surface area contributed by atoms with Crippen LogP contribution in [0.25, 0.3) is 0 Å². The molecule has 0 aliphatic heterocycles. The van der Waals surface area contributed by atoms with Gasteiger partial charge in [0.2, 0.25) is 0 Å². The van der Waals surface area contributed by atoms with Crippen LogP contribution >= 0.6 is 0 Å².